The van der Waals surface area contributed by atoms with Crippen LogP contribution in [0.15, 0.2) is 72.0 Å². The number of ether oxygens (including phenoxy) is 1. The van der Waals surface area contributed by atoms with E-state index in [4.69, 9.17) is 9.73 Å². The zero-order chi connectivity index (χ0) is 23.3. The molecule has 0 radical (unpaired) electrons. The summed E-state index contributed by atoms with van der Waals surface area (Å²) >= 11 is 0. The van der Waals surface area contributed by atoms with E-state index in [9.17, 15) is 0 Å². The summed E-state index contributed by atoms with van der Waals surface area (Å²) in [5.41, 5.74) is 3.62. The largest absolute Gasteiger partial charge is 0.494 e. The zero-order valence-corrected chi connectivity index (χ0v) is 20.0. The maximum atomic E-state index is 5.82. The maximum absolute atomic E-state index is 5.82. The Morgan fingerprint density at radius 2 is 1.82 bits per heavy atom. The van der Waals surface area contributed by atoms with Crippen LogP contribution in [0.4, 0.5) is 0 Å². The van der Waals surface area contributed by atoms with Gasteiger partial charge < -0.3 is 20.3 Å². The molecular weight excluding hydrogens is 412 g/mol. The first-order valence-electron chi connectivity index (χ1n) is 11.6. The van der Waals surface area contributed by atoms with Crippen LogP contribution in [0.5, 0.6) is 5.75 Å². The predicted octanol–water partition coefficient (Wildman–Crippen LogP) is 3.52. The molecule has 2 N–H and O–H groups in total. The molecule has 0 amide bonds. The van der Waals surface area contributed by atoms with Gasteiger partial charge in [-0.05, 0) is 62.3 Å². The highest BCUT2D eigenvalue weighted by atomic mass is 16.5. The molecule has 1 aromatic heterocycles. The Labute approximate surface area is 197 Å². The maximum Gasteiger partial charge on any atom is 0.191 e. The number of hydrogen-bond donors (Lipinski definition) is 2. The molecule has 2 aromatic carbocycles. The molecule has 7 nitrogen and oxygen atoms in total. The number of benzene rings is 2. The van der Waals surface area contributed by atoms with Crippen LogP contribution in [-0.2, 0) is 19.6 Å². The number of rotatable bonds is 12. The van der Waals surface area contributed by atoms with Gasteiger partial charge in [0.2, 0.25) is 0 Å². The minimum atomic E-state index is 0.602. The minimum Gasteiger partial charge on any atom is -0.494 e. The van der Waals surface area contributed by atoms with E-state index < -0.39 is 0 Å². The fourth-order valence-corrected chi connectivity index (χ4v) is 3.41. The molecule has 7 heteroatoms. The summed E-state index contributed by atoms with van der Waals surface area (Å²) < 4.78 is 7.76. The minimum absolute atomic E-state index is 0.602. The van der Waals surface area contributed by atoms with Crippen molar-refractivity contribution in [1.82, 2.24) is 25.3 Å². The van der Waals surface area contributed by atoms with E-state index in [2.05, 4.69) is 78.0 Å². The van der Waals surface area contributed by atoms with Crippen LogP contribution >= 0.6 is 0 Å². The van der Waals surface area contributed by atoms with Crippen molar-refractivity contribution in [3.63, 3.8) is 0 Å². The Balaban J connectivity index is 1.53. The van der Waals surface area contributed by atoms with E-state index in [1.54, 1.807) is 6.20 Å². The van der Waals surface area contributed by atoms with Crippen LogP contribution in [0, 0.1) is 0 Å². The summed E-state index contributed by atoms with van der Waals surface area (Å²) in [6.07, 6.45) is 4.80. The smallest absolute Gasteiger partial charge is 0.191 e. The van der Waals surface area contributed by atoms with Gasteiger partial charge in [-0.3, -0.25) is 4.68 Å². The molecule has 0 aliphatic carbocycles. The zero-order valence-electron chi connectivity index (χ0n) is 20.0. The molecule has 33 heavy (non-hydrogen) atoms. The summed E-state index contributed by atoms with van der Waals surface area (Å²) in [5, 5.41) is 11.1. The van der Waals surface area contributed by atoms with Gasteiger partial charge in [0.15, 0.2) is 5.96 Å². The highest BCUT2D eigenvalue weighted by Crippen LogP contribution is 2.13. The van der Waals surface area contributed by atoms with Crippen LogP contribution in [-0.4, -0.2) is 54.4 Å². The van der Waals surface area contributed by atoms with E-state index in [1.165, 1.54) is 11.1 Å². The van der Waals surface area contributed by atoms with Gasteiger partial charge >= 0.3 is 0 Å². The number of aromatic nitrogens is 2. The van der Waals surface area contributed by atoms with Crippen molar-refractivity contribution in [2.24, 2.45) is 4.99 Å². The Bertz CT molecular complexity index is 967. The Morgan fingerprint density at radius 3 is 2.52 bits per heavy atom. The van der Waals surface area contributed by atoms with Crippen molar-refractivity contribution in [3.05, 3.63) is 83.7 Å². The van der Waals surface area contributed by atoms with Crippen molar-refractivity contribution in [3.8, 4) is 5.75 Å². The van der Waals surface area contributed by atoms with Crippen LogP contribution in [0.25, 0.3) is 0 Å². The van der Waals surface area contributed by atoms with Crippen molar-refractivity contribution in [1.29, 1.82) is 0 Å². The van der Waals surface area contributed by atoms with Gasteiger partial charge in [0.25, 0.3) is 0 Å². The quantitative estimate of drug-likeness (QED) is 0.252. The average Bonchev–Trinajstić information content (AvgIpc) is 3.33. The topological polar surface area (TPSA) is 66.7 Å². The molecular formula is C26H36N6O. The van der Waals surface area contributed by atoms with Gasteiger partial charge in [-0.1, -0.05) is 36.4 Å². The van der Waals surface area contributed by atoms with E-state index in [1.807, 2.05) is 29.1 Å². The van der Waals surface area contributed by atoms with E-state index in [-0.39, 0.29) is 0 Å². The van der Waals surface area contributed by atoms with Gasteiger partial charge in [0.05, 0.1) is 19.7 Å². The Hall–Kier alpha value is -3.32. The fourth-order valence-electron chi connectivity index (χ4n) is 3.41. The van der Waals surface area contributed by atoms with Gasteiger partial charge in [0, 0.05) is 32.0 Å². The van der Waals surface area contributed by atoms with E-state index in [0.29, 0.717) is 13.1 Å². The SMILES string of the molecule is CCNC(=NCc1ccc(OCCCN(C)C)cc1)NCc1ccccc1Cn1cccn1. The normalized spacial score (nSPS) is 11.6. The molecule has 0 atom stereocenters. The molecule has 0 saturated heterocycles. The Kier molecular flexibility index (Phi) is 9.79. The number of nitrogens with zero attached hydrogens (tertiary/aromatic N) is 4. The van der Waals surface area contributed by atoms with Gasteiger partial charge in [-0.25, -0.2) is 4.99 Å². The van der Waals surface area contributed by atoms with Crippen LogP contribution in [0.3, 0.4) is 0 Å². The lowest BCUT2D eigenvalue weighted by Crippen LogP contribution is -2.37. The second kappa shape index (κ2) is 13.3. The lowest BCUT2D eigenvalue weighted by molar-refractivity contribution is 0.281. The molecule has 3 aromatic rings. The highest BCUT2D eigenvalue weighted by Gasteiger charge is 2.05. The van der Waals surface area contributed by atoms with Crippen molar-refractivity contribution in [2.45, 2.75) is 33.0 Å². The van der Waals surface area contributed by atoms with E-state index >= 15 is 0 Å². The molecule has 0 aliphatic heterocycles. The third-order valence-corrected chi connectivity index (χ3v) is 5.16. The summed E-state index contributed by atoms with van der Waals surface area (Å²) in [6, 6.07) is 18.6. The Morgan fingerprint density at radius 1 is 1.03 bits per heavy atom. The molecule has 0 fully saturated rings. The molecule has 0 aliphatic rings. The van der Waals surface area contributed by atoms with Gasteiger partial charge in [0.1, 0.15) is 5.75 Å². The lowest BCUT2D eigenvalue weighted by Gasteiger charge is -2.14. The van der Waals surface area contributed by atoms with Crippen molar-refractivity contribution in [2.75, 3.05) is 33.8 Å². The molecule has 3 rings (SSSR count). The van der Waals surface area contributed by atoms with Crippen molar-refractivity contribution < 1.29 is 4.74 Å². The molecule has 0 unspecified atom stereocenters. The number of aliphatic imine (C=N–C) groups is 1. The number of nitrogens with one attached hydrogen (secondary N) is 2. The first-order valence-corrected chi connectivity index (χ1v) is 11.6. The standard InChI is InChI=1S/C26H36N6O/c1-4-27-26(28-19-22-11-13-25(14-12-22)33-18-8-16-31(2)3)29-20-23-9-5-6-10-24(23)21-32-17-7-15-30-32/h5-7,9-15,17H,4,8,16,18-21H2,1-3H3,(H2,27,28,29). The number of guanidine groups is 1. The summed E-state index contributed by atoms with van der Waals surface area (Å²) in [5.74, 6) is 1.70. The molecule has 1 heterocycles. The average molecular weight is 449 g/mol. The monoisotopic (exact) mass is 448 g/mol. The summed E-state index contributed by atoms with van der Waals surface area (Å²) in [6.45, 7) is 6.69. The second-order valence-electron chi connectivity index (χ2n) is 8.17. The summed E-state index contributed by atoms with van der Waals surface area (Å²) in [4.78, 5) is 6.92. The first-order chi connectivity index (χ1) is 16.1. The predicted molar refractivity (Wildman–Crippen MR) is 135 cm³/mol. The third-order valence-electron chi connectivity index (χ3n) is 5.16. The van der Waals surface area contributed by atoms with Gasteiger partial charge in [-0.2, -0.15) is 5.10 Å². The first kappa shape index (κ1) is 24.3. The van der Waals surface area contributed by atoms with Crippen LogP contribution in [0.2, 0.25) is 0 Å². The van der Waals surface area contributed by atoms with Crippen molar-refractivity contribution >= 4 is 5.96 Å². The van der Waals surface area contributed by atoms with Crippen LogP contribution in [0.1, 0.15) is 30.0 Å². The van der Waals surface area contributed by atoms with Gasteiger partial charge in [-0.15, -0.1) is 0 Å². The van der Waals surface area contributed by atoms with E-state index in [0.717, 1.165) is 49.9 Å². The highest BCUT2D eigenvalue weighted by molar-refractivity contribution is 5.79. The molecule has 0 bridgehead atoms. The molecule has 176 valence electrons. The van der Waals surface area contributed by atoms with Crippen LogP contribution < -0.4 is 15.4 Å². The lowest BCUT2D eigenvalue weighted by atomic mass is 10.1. The second-order valence-corrected chi connectivity index (χ2v) is 8.17. The molecule has 0 spiro atoms. The third kappa shape index (κ3) is 8.61. The summed E-state index contributed by atoms with van der Waals surface area (Å²) in [7, 11) is 4.15. The fraction of sp³-hybridized carbons (Fsp3) is 0.385. The number of hydrogen-bond acceptors (Lipinski definition) is 4. The molecule has 0 saturated carbocycles.